The molecule has 6 nitrogen and oxygen atoms in total. The highest BCUT2D eigenvalue weighted by atomic mass is 32.2. The predicted octanol–water partition coefficient (Wildman–Crippen LogP) is 6.70. The summed E-state index contributed by atoms with van der Waals surface area (Å²) in [6, 6.07) is 25.7. The second-order valence-corrected chi connectivity index (χ2v) is 10.7. The second-order valence-electron chi connectivity index (χ2n) is 9.20. The Kier molecular flexibility index (Phi) is 8.10. The zero-order valence-corrected chi connectivity index (χ0v) is 23.0. The molecule has 1 fully saturated rings. The minimum absolute atomic E-state index is 0.0520. The molecule has 194 valence electrons. The number of benzene rings is 2. The fourth-order valence-corrected chi connectivity index (χ4v) is 5.72. The van der Waals surface area contributed by atoms with E-state index >= 15 is 0 Å². The van der Waals surface area contributed by atoms with Gasteiger partial charge < -0.3 is 20.0 Å². The van der Waals surface area contributed by atoms with Crippen molar-refractivity contribution in [1.29, 1.82) is 0 Å². The molecule has 3 heterocycles. The number of nitrogens with zero attached hydrogens (tertiary/aromatic N) is 2. The van der Waals surface area contributed by atoms with Crippen LogP contribution in [0.5, 0.6) is 0 Å². The van der Waals surface area contributed by atoms with E-state index in [-0.39, 0.29) is 24.4 Å². The smallest absolute Gasteiger partial charge is 0.226 e. The molecule has 38 heavy (non-hydrogen) atoms. The van der Waals surface area contributed by atoms with E-state index in [0.29, 0.717) is 11.7 Å². The maximum absolute atomic E-state index is 12.9. The van der Waals surface area contributed by atoms with Crippen LogP contribution in [0.25, 0.3) is 0 Å². The quantitative estimate of drug-likeness (QED) is 0.228. The zero-order valence-electron chi connectivity index (χ0n) is 21.4. The van der Waals surface area contributed by atoms with Crippen LogP contribution in [0.15, 0.2) is 99.5 Å². The fraction of sp³-hybridized carbons (Fsp3) is 0.233. The van der Waals surface area contributed by atoms with Gasteiger partial charge in [-0.3, -0.25) is 9.78 Å². The molecule has 1 amide bonds. The van der Waals surface area contributed by atoms with Crippen LogP contribution in [-0.4, -0.2) is 27.4 Å². The number of rotatable bonds is 9. The van der Waals surface area contributed by atoms with E-state index in [1.54, 1.807) is 18.0 Å². The molecule has 2 atom stereocenters. The van der Waals surface area contributed by atoms with Gasteiger partial charge in [0.25, 0.3) is 0 Å². The number of anilines is 1. The van der Waals surface area contributed by atoms with E-state index in [1.165, 1.54) is 5.56 Å². The van der Waals surface area contributed by atoms with Gasteiger partial charge in [0.15, 0.2) is 10.2 Å². The molecule has 0 aliphatic carbocycles. The van der Waals surface area contributed by atoms with Crippen LogP contribution in [0.4, 0.5) is 5.69 Å². The van der Waals surface area contributed by atoms with Crippen LogP contribution in [0.2, 0.25) is 0 Å². The third kappa shape index (κ3) is 5.92. The van der Waals surface area contributed by atoms with Crippen molar-refractivity contribution in [3.63, 3.8) is 0 Å². The second kappa shape index (κ2) is 11.8. The summed E-state index contributed by atoms with van der Waals surface area (Å²) in [6.07, 6.45) is 2.92. The number of carbonyl (C=O) groups is 1. The number of aromatic nitrogens is 1. The van der Waals surface area contributed by atoms with Crippen LogP contribution in [-0.2, 0) is 11.2 Å². The predicted molar refractivity (Wildman–Crippen MR) is 155 cm³/mol. The third-order valence-corrected chi connectivity index (χ3v) is 7.86. The summed E-state index contributed by atoms with van der Waals surface area (Å²) in [7, 11) is 0. The first-order valence-corrected chi connectivity index (χ1v) is 13.9. The highest BCUT2D eigenvalue weighted by Gasteiger charge is 2.41. The Morgan fingerprint density at radius 2 is 1.87 bits per heavy atom. The minimum Gasteiger partial charge on any atom is -0.452 e. The monoisotopic (exact) mass is 542 g/mol. The molecule has 0 saturated carbocycles. The van der Waals surface area contributed by atoms with Crippen LogP contribution < -0.4 is 10.6 Å². The summed E-state index contributed by atoms with van der Waals surface area (Å²) in [5.41, 5.74) is 4.05. The van der Waals surface area contributed by atoms with Gasteiger partial charge in [-0.25, -0.2) is 0 Å². The zero-order chi connectivity index (χ0) is 26.5. The van der Waals surface area contributed by atoms with Crippen molar-refractivity contribution in [1.82, 2.24) is 15.2 Å². The van der Waals surface area contributed by atoms with E-state index in [0.717, 1.165) is 39.1 Å². The van der Waals surface area contributed by atoms with Crippen molar-refractivity contribution in [2.24, 2.45) is 0 Å². The van der Waals surface area contributed by atoms with Crippen LogP contribution in [0, 0.1) is 6.92 Å². The van der Waals surface area contributed by atoms with Crippen LogP contribution >= 0.6 is 24.0 Å². The molecule has 1 aliphatic heterocycles. The molecule has 2 N–H and O–H groups in total. The van der Waals surface area contributed by atoms with Gasteiger partial charge in [-0.15, -0.1) is 0 Å². The summed E-state index contributed by atoms with van der Waals surface area (Å²) in [5.74, 6) is 0.725. The molecule has 1 saturated heterocycles. The number of nitrogens with one attached hydrogen (secondary N) is 2. The normalized spacial score (nSPS) is 16.9. The van der Waals surface area contributed by atoms with Crippen molar-refractivity contribution in [2.75, 3.05) is 11.9 Å². The highest BCUT2D eigenvalue weighted by molar-refractivity contribution is 7.99. The largest absolute Gasteiger partial charge is 0.452 e. The standard InChI is InChI=1S/C30H30N4O2S2/c1-3-21-8-4-5-9-23(21)32-26(35)17-19-34-29(28(33-30(34)37)24-10-6-7-18-31-24)25-15-16-27(36-25)38-22-13-11-20(2)12-14-22/h4-16,18,28-29H,3,17,19H2,1-2H3,(H,32,35)(H,33,37)/t28-,29-/m1/s1. The maximum Gasteiger partial charge on any atom is 0.226 e. The molecule has 8 heteroatoms. The number of aryl methyl sites for hydroxylation is 2. The molecule has 5 rings (SSSR count). The molecule has 2 aromatic heterocycles. The van der Waals surface area contributed by atoms with Crippen molar-refractivity contribution in [2.45, 2.75) is 48.8 Å². The third-order valence-electron chi connectivity index (χ3n) is 6.58. The van der Waals surface area contributed by atoms with E-state index in [1.807, 2.05) is 59.5 Å². The Bertz CT molecular complexity index is 1410. The lowest BCUT2D eigenvalue weighted by Gasteiger charge is -2.25. The van der Waals surface area contributed by atoms with Crippen molar-refractivity contribution < 1.29 is 9.21 Å². The molecule has 0 spiro atoms. The molecule has 2 aromatic carbocycles. The lowest BCUT2D eigenvalue weighted by atomic mass is 10.0. The number of carbonyl (C=O) groups excluding carboxylic acids is 1. The highest BCUT2D eigenvalue weighted by Crippen LogP contribution is 2.41. The number of thiocarbonyl (C=S) groups is 1. The van der Waals surface area contributed by atoms with Crippen molar-refractivity contribution in [3.8, 4) is 0 Å². The van der Waals surface area contributed by atoms with Crippen LogP contribution in [0.1, 0.15) is 48.0 Å². The fourth-order valence-electron chi connectivity index (χ4n) is 4.61. The number of para-hydroxylation sites is 1. The van der Waals surface area contributed by atoms with Crippen LogP contribution in [0.3, 0.4) is 0 Å². The van der Waals surface area contributed by atoms with Crippen molar-refractivity contribution in [3.05, 3.63) is 108 Å². The maximum atomic E-state index is 12.9. The van der Waals surface area contributed by atoms with E-state index < -0.39 is 0 Å². The summed E-state index contributed by atoms with van der Waals surface area (Å²) < 4.78 is 6.36. The van der Waals surface area contributed by atoms with Gasteiger partial charge in [-0.1, -0.05) is 60.6 Å². The average Bonchev–Trinajstić information content (AvgIpc) is 3.53. The topological polar surface area (TPSA) is 70.4 Å². The van der Waals surface area contributed by atoms with Gasteiger partial charge >= 0.3 is 0 Å². The minimum atomic E-state index is -0.236. The molecule has 1 aliphatic rings. The first-order chi connectivity index (χ1) is 18.5. The first-order valence-electron chi connectivity index (χ1n) is 12.7. The number of amides is 1. The van der Waals surface area contributed by atoms with Crippen molar-refractivity contribution >= 4 is 40.7 Å². The van der Waals surface area contributed by atoms with Gasteiger partial charge in [0.05, 0.1) is 11.7 Å². The molecule has 0 radical (unpaired) electrons. The average molecular weight is 543 g/mol. The number of furan rings is 1. The summed E-state index contributed by atoms with van der Waals surface area (Å²) in [5, 5.41) is 7.87. The molecule has 0 bridgehead atoms. The molecular formula is C30H30N4O2S2. The lowest BCUT2D eigenvalue weighted by molar-refractivity contribution is -0.116. The van der Waals surface area contributed by atoms with E-state index in [2.05, 4.69) is 53.7 Å². The molecular weight excluding hydrogens is 512 g/mol. The first kappa shape index (κ1) is 26.0. The summed E-state index contributed by atoms with van der Waals surface area (Å²) in [6.45, 7) is 4.60. The van der Waals surface area contributed by atoms with E-state index in [9.17, 15) is 4.79 Å². The Morgan fingerprint density at radius 1 is 1.08 bits per heavy atom. The summed E-state index contributed by atoms with van der Waals surface area (Å²) in [4.78, 5) is 20.7. The lowest BCUT2D eigenvalue weighted by Crippen LogP contribution is -2.32. The van der Waals surface area contributed by atoms with Gasteiger partial charge in [0, 0.05) is 29.7 Å². The Morgan fingerprint density at radius 3 is 2.63 bits per heavy atom. The SMILES string of the molecule is CCc1ccccc1NC(=O)CCN1C(=S)N[C@H](c2ccccn2)[C@H]1c1ccc(Sc2ccc(C)cc2)o1. The summed E-state index contributed by atoms with van der Waals surface area (Å²) >= 11 is 7.33. The van der Waals surface area contributed by atoms with Gasteiger partial charge in [0.1, 0.15) is 11.8 Å². The molecule has 4 aromatic rings. The Labute approximate surface area is 232 Å². The number of pyridine rings is 1. The number of hydrogen-bond donors (Lipinski definition) is 2. The van der Waals surface area contributed by atoms with Gasteiger partial charge in [0.2, 0.25) is 5.91 Å². The van der Waals surface area contributed by atoms with Gasteiger partial charge in [-0.05, 0) is 73.6 Å². The number of hydrogen-bond acceptors (Lipinski definition) is 5. The van der Waals surface area contributed by atoms with E-state index in [4.69, 9.17) is 16.6 Å². The molecule has 0 unspecified atom stereocenters. The van der Waals surface area contributed by atoms with Gasteiger partial charge in [-0.2, -0.15) is 0 Å². The Balaban J connectivity index is 1.36. The Hall–Kier alpha value is -3.62.